The summed E-state index contributed by atoms with van der Waals surface area (Å²) in [5, 5.41) is 0. The van der Waals surface area contributed by atoms with E-state index < -0.39 is 0 Å². The molecule has 1 aromatic carbocycles. The fraction of sp³-hybridized carbons (Fsp3) is 0.562. The van der Waals surface area contributed by atoms with Crippen molar-refractivity contribution in [3.05, 3.63) is 18.2 Å². The highest BCUT2D eigenvalue weighted by atomic mass is 16.5. The van der Waals surface area contributed by atoms with Crippen LogP contribution in [0.4, 0.5) is 5.95 Å². The lowest BCUT2D eigenvalue weighted by molar-refractivity contribution is 0.149. The summed E-state index contributed by atoms with van der Waals surface area (Å²) in [6, 6.07) is 6.44. The van der Waals surface area contributed by atoms with Crippen LogP contribution in [0.3, 0.4) is 0 Å². The minimum absolute atomic E-state index is 0.264. The number of rotatable bonds is 2. The first-order valence-corrected chi connectivity index (χ1v) is 7.34. The van der Waals surface area contributed by atoms with Crippen molar-refractivity contribution in [3.63, 3.8) is 0 Å². The van der Waals surface area contributed by atoms with E-state index in [0.29, 0.717) is 12.0 Å². The molecule has 1 atom stereocenters. The summed E-state index contributed by atoms with van der Waals surface area (Å²) in [4.78, 5) is 4.52. The first-order chi connectivity index (χ1) is 9.53. The number of hydrogen-bond donors (Lipinski definition) is 1. The van der Waals surface area contributed by atoms with Crippen molar-refractivity contribution in [3.8, 4) is 5.75 Å². The predicted octanol–water partition coefficient (Wildman–Crippen LogP) is 3.77. The van der Waals surface area contributed by atoms with Gasteiger partial charge in [-0.05, 0) is 30.4 Å². The second-order valence-corrected chi connectivity index (χ2v) is 6.44. The molecule has 2 aromatic rings. The highest BCUT2D eigenvalue weighted by molar-refractivity contribution is 5.80. The van der Waals surface area contributed by atoms with Crippen LogP contribution in [0, 0.1) is 5.41 Å². The second-order valence-electron chi connectivity index (χ2n) is 6.44. The van der Waals surface area contributed by atoms with E-state index in [2.05, 4.69) is 29.5 Å². The lowest BCUT2D eigenvalue weighted by Gasteiger charge is -2.40. The summed E-state index contributed by atoms with van der Waals surface area (Å²) in [5.41, 5.74) is 8.51. The van der Waals surface area contributed by atoms with E-state index in [9.17, 15) is 0 Å². The molecule has 0 amide bonds. The number of ether oxygens (including phenoxy) is 1. The standard InChI is InChI=1S/C16H23N3O/c1-16(2)9-5-4-6-14(16)19-13-8-7-11(20-3)10-12(13)18-15(19)17/h7-8,10,14H,4-6,9H2,1-3H3,(H2,17,18). The van der Waals surface area contributed by atoms with Crippen molar-refractivity contribution >= 4 is 17.0 Å². The van der Waals surface area contributed by atoms with Gasteiger partial charge in [-0.1, -0.05) is 26.7 Å². The van der Waals surface area contributed by atoms with E-state index in [4.69, 9.17) is 10.5 Å². The zero-order valence-corrected chi connectivity index (χ0v) is 12.5. The van der Waals surface area contributed by atoms with Gasteiger partial charge in [-0.2, -0.15) is 0 Å². The first-order valence-electron chi connectivity index (χ1n) is 7.34. The minimum Gasteiger partial charge on any atom is -0.497 e. The monoisotopic (exact) mass is 273 g/mol. The highest BCUT2D eigenvalue weighted by Crippen LogP contribution is 2.46. The summed E-state index contributed by atoms with van der Waals surface area (Å²) in [5.74, 6) is 1.44. The van der Waals surface area contributed by atoms with Gasteiger partial charge >= 0.3 is 0 Å². The third kappa shape index (κ3) is 2.03. The van der Waals surface area contributed by atoms with Gasteiger partial charge in [0.1, 0.15) is 5.75 Å². The van der Waals surface area contributed by atoms with Crippen LogP contribution < -0.4 is 10.5 Å². The third-order valence-electron chi connectivity index (χ3n) is 4.69. The van der Waals surface area contributed by atoms with Crippen LogP contribution in [-0.2, 0) is 0 Å². The number of nitrogens with two attached hydrogens (primary N) is 1. The number of methoxy groups -OCH3 is 1. The molecule has 1 unspecified atom stereocenters. The normalized spacial score (nSPS) is 22.1. The molecule has 20 heavy (non-hydrogen) atoms. The molecule has 2 N–H and O–H groups in total. The molecule has 3 rings (SSSR count). The molecule has 1 aliphatic carbocycles. The van der Waals surface area contributed by atoms with Gasteiger partial charge in [0, 0.05) is 12.1 Å². The number of fused-ring (bicyclic) bond motifs is 1. The summed E-state index contributed by atoms with van der Waals surface area (Å²) >= 11 is 0. The molecule has 0 saturated heterocycles. The van der Waals surface area contributed by atoms with Gasteiger partial charge in [0.05, 0.1) is 18.1 Å². The fourth-order valence-corrected chi connectivity index (χ4v) is 3.51. The highest BCUT2D eigenvalue weighted by Gasteiger charge is 2.35. The van der Waals surface area contributed by atoms with Crippen molar-refractivity contribution in [2.24, 2.45) is 5.41 Å². The van der Waals surface area contributed by atoms with Gasteiger partial charge < -0.3 is 15.0 Å². The molecule has 0 aliphatic heterocycles. The first kappa shape index (κ1) is 13.3. The van der Waals surface area contributed by atoms with Crippen molar-refractivity contribution in [2.45, 2.75) is 45.6 Å². The number of nitrogens with zero attached hydrogens (tertiary/aromatic N) is 2. The maximum absolute atomic E-state index is 6.21. The average Bonchev–Trinajstić information content (AvgIpc) is 2.73. The Labute approximate surface area is 119 Å². The summed E-state index contributed by atoms with van der Waals surface area (Å²) in [6.07, 6.45) is 4.99. The molecule has 1 saturated carbocycles. The smallest absolute Gasteiger partial charge is 0.201 e. The molecule has 0 radical (unpaired) electrons. The van der Waals surface area contributed by atoms with Gasteiger partial charge in [0.15, 0.2) is 0 Å². The minimum atomic E-state index is 0.264. The third-order valence-corrected chi connectivity index (χ3v) is 4.69. The Hall–Kier alpha value is -1.71. The Balaban J connectivity index is 2.13. The van der Waals surface area contributed by atoms with Crippen molar-refractivity contribution in [1.29, 1.82) is 0 Å². The lowest BCUT2D eigenvalue weighted by Crippen LogP contribution is -2.31. The maximum Gasteiger partial charge on any atom is 0.201 e. The van der Waals surface area contributed by atoms with Crippen LogP contribution in [0.25, 0.3) is 11.0 Å². The molecule has 1 aromatic heterocycles. The number of hydrogen-bond acceptors (Lipinski definition) is 3. The van der Waals surface area contributed by atoms with Gasteiger partial charge in [-0.25, -0.2) is 4.98 Å². The predicted molar refractivity (Wildman–Crippen MR) is 82.0 cm³/mol. The SMILES string of the molecule is COc1ccc2c(c1)nc(N)n2C1CCCCC1(C)C. The topological polar surface area (TPSA) is 53.1 Å². The van der Waals surface area contributed by atoms with Crippen molar-refractivity contribution in [1.82, 2.24) is 9.55 Å². The molecule has 0 spiro atoms. The number of imidazole rings is 1. The molecule has 4 heteroatoms. The van der Waals surface area contributed by atoms with Gasteiger partial charge in [0.2, 0.25) is 5.95 Å². The van der Waals surface area contributed by atoms with E-state index in [1.54, 1.807) is 7.11 Å². The molecule has 1 fully saturated rings. The molecule has 1 heterocycles. The Morgan fingerprint density at radius 3 is 2.85 bits per heavy atom. The van der Waals surface area contributed by atoms with Gasteiger partial charge in [0.25, 0.3) is 0 Å². The fourth-order valence-electron chi connectivity index (χ4n) is 3.51. The number of benzene rings is 1. The van der Waals surface area contributed by atoms with Crippen LogP contribution in [-0.4, -0.2) is 16.7 Å². The molecule has 1 aliphatic rings. The average molecular weight is 273 g/mol. The Morgan fingerprint density at radius 1 is 1.35 bits per heavy atom. The van der Waals surface area contributed by atoms with Crippen LogP contribution in [0.2, 0.25) is 0 Å². The molecular formula is C16H23N3O. The van der Waals surface area contributed by atoms with Gasteiger partial charge in [-0.15, -0.1) is 0 Å². The van der Waals surface area contributed by atoms with Crippen molar-refractivity contribution in [2.75, 3.05) is 12.8 Å². The second kappa shape index (κ2) is 4.69. The summed E-state index contributed by atoms with van der Waals surface area (Å²) in [6.45, 7) is 4.68. The number of aromatic nitrogens is 2. The Bertz CT molecular complexity index is 630. The maximum atomic E-state index is 6.21. The van der Waals surface area contributed by atoms with Crippen LogP contribution in [0.1, 0.15) is 45.6 Å². The number of anilines is 1. The van der Waals surface area contributed by atoms with Crippen LogP contribution in [0.15, 0.2) is 18.2 Å². The summed E-state index contributed by atoms with van der Waals surface area (Å²) < 4.78 is 7.50. The largest absolute Gasteiger partial charge is 0.497 e. The van der Waals surface area contributed by atoms with Crippen LogP contribution >= 0.6 is 0 Å². The lowest BCUT2D eigenvalue weighted by atomic mass is 9.73. The van der Waals surface area contributed by atoms with E-state index in [0.717, 1.165) is 16.8 Å². The van der Waals surface area contributed by atoms with E-state index in [1.165, 1.54) is 25.7 Å². The molecular weight excluding hydrogens is 250 g/mol. The number of nitrogen functional groups attached to an aromatic ring is 1. The van der Waals surface area contributed by atoms with E-state index >= 15 is 0 Å². The molecule has 4 nitrogen and oxygen atoms in total. The summed E-state index contributed by atoms with van der Waals surface area (Å²) in [7, 11) is 1.67. The Kier molecular flexibility index (Phi) is 3.11. The Morgan fingerprint density at radius 2 is 2.15 bits per heavy atom. The van der Waals surface area contributed by atoms with E-state index in [1.807, 2.05) is 12.1 Å². The zero-order chi connectivity index (χ0) is 14.3. The zero-order valence-electron chi connectivity index (χ0n) is 12.5. The van der Waals surface area contributed by atoms with E-state index in [-0.39, 0.29) is 5.41 Å². The quantitative estimate of drug-likeness (QED) is 0.906. The molecule has 108 valence electrons. The van der Waals surface area contributed by atoms with Gasteiger partial charge in [-0.3, -0.25) is 0 Å². The molecule has 0 bridgehead atoms. The van der Waals surface area contributed by atoms with Crippen molar-refractivity contribution < 1.29 is 4.74 Å². The van der Waals surface area contributed by atoms with Crippen LogP contribution in [0.5, 0.6) is 5.75 Å².